The van der Waals surface area contributed by atoms with Gasteiger partial charge in [0, 0.05) is 14.6 Å². The Bertz CT molecular complexity index is 790. The number of hydrogen-bond acceptors (Lipinski definition) is 3. The van der Waals surface area contributed by atoms with Crippen molar-refractivity contribution >= 4 is 53.3 Å². The number of sulfonamides is 1. The number of nitrogens with two attached hydrogens (primary N) is 1. The first-order valence-corrected chi connectivity index (χ1v) is 8.82. The molecule has 3 N–H and O–H groups in total. The van der Waals surface area contributed by atoms with E-state index in [1.54, 1.807) is 18.2 Å². The highest BCUT2D eigenvalue weighted by Gasteiger charge is 2.23. The fourth-order valence-electron chi connectivity index (χ4n) is 1.74. The number of rotatable bonds is 3. The van der Waals surface area contributed by atoms with Gasteiger partial charge in [0.15, 0.2) is 0 Å². The molecule has 0 fully saturated rings. The second-order valence-corrected chi connectivity index (χ2v) is 7.71. The molecule has 0 spiro atoms. The number of nitrogens with one attached hydrogen (secondary N) is 1. The summed E-state index contributed by atoms with van der Waals surface area (Å²) in [6.07, 6.45) is 0. The van der Waals surface area contributed by atoms with Crippen LogP contribution in [0.3, 0.4) is 0 Å². The lowest BCUT2D eigenvalue weighted by atomic mass is 10.2. The molecule has 2 rings (SSSR count). The topological polar surface area (TPSA) is 72.2 Å². The predicted octanol–water partition coefficient (Wildman–Crippen LogP) is 4.04. The third kappa shape index (κ3) is 3.38. The number of para-hydroxylation sites is 1. The number of hydrogen-bond donors (Lipinski definition) is 2. The third-order valence-corrected chi connectivity index (χ3v) is 5.40. The Balaban J connectivity index is 2.54. The highest BCUT2D eigenvalue weighted by molar-refractivity contribution is 9.11. The first kappa shape index (κ1) is 16.3. The summed E-state index contributed by atoms with van der Waals surface area (Å²) in [6, 6.07) is 7.54. The summed E-state index contributed by atoms with van der Waals surface area (Å²) < 4.78 is 42.3. The average Bonchev–Trinajstić information content (AvgIpc) is 2.38. The maximum absolute atomic E-state index is 14.1. The van der Waals surface area contributed by atoms with Crippen LogP contribution in [0, 0.1) is 12.7 Å². The van der Waals surface area contributed by atoms with E-state index in [4.69, 9.17) is 5.73 Å². The molecule has 112 valence electrons. The summed E-state index contributed by atoms with van der Waals surface area (Å²) >= 11 is 6.49. The van der Waals surface area contributed by atoms with E-state index in [0.717, 1.165) is 6.07 Å². The third-order valence-electron chi connectivity index (χ3n) is 2.73. The lowest BCUT2D eigenvalue weighted by Gasteiger charge is -2.13. The van der Waals surface area contributed by atoms with Gasteiger partial charge in [0.2, 0.25) is 0 Å². The Labute approximate surface area is 138 Å². The van der Waals surface area contributed by atoms with Crippen LogP contribution in [0.4, 0.5) is 15.8 Å². The van der Waals surface area contributed by atoms with Crippen LogP contribution in [0.2, 0.25) is 0 Å². The molecule has 2 aromatic rings. The fraction of sp³-hybridized carbons (Fsp3) is 0.0769. The minimum absolute atomic E-state index is 0.168. The van der Waals surface area contributed by atoms with Gasteiger partial charge >= 0.3 is 0 Å². The lowest BCUT2D eigenvalue weighted by molar-refractivity contribution is 0.565. The number of benzene rings is 2. The average molecular weight is 438 g/mol. The molecule has 0 bridgehead atoms. The standard InChI is InChI=1S/C13H11Br2FN2O2S/c1-7-5-8(17)6-11(12(7)16)21(19,20)18-13-9(14)3-2-4-10(13)15/h2-6,18H,17H2,1H3. The van der Waals surface area contributed by atoms with E-state index >= 15 is 0 Å². The van der Waals surface area contributed by atoms with E-state index in [9.17, 15) is 12.8 Å². The van der Waals surface area contributed by atoms with Crippen molar-refractivity contribution in [2.45, 2.75) is 11.8 Å². The van der Waals surface area contributed by atoms with Crippen LogP contribution in [0.5, 0.6) is 0 Å². The molecule has 0 saturated carbocycles. The van der Waals surface area contributed by atoms with Crippen LogP contribution in [0.1, 0.15) is 5.56 Å². The van der Waals surface area contributed by atoms with Crippen molar-refractivity contribution < 1.29 is 12.8 Å². The summed E-state index contributed by atoms with van der Waals surface area (Å²) in [6.45, 7) is 1.46. The maximum Gasteiger partial charge on any atom is 0.264 e. The van der Waals surface area contributed by atoms with Crippen LogP contribution in [0.15, 0.2) is 44.2 Å². The molecule has 8 heteroatoms. The van der Waals surface area contributed by atoms with E-state index in [2.05, 4.69) is 36.6 Å². The number of nitrogen functional groups attached to an aromatic ring is 1. The van der Waals surface area contributed by atoms with Crippen molar-refractivity contribution in [1.82, 2.24) is 0 Å². The molecule has 0 atom stereocenters. The molecule has 0 aliphatic carbocycles. The zero-order valence-corrected chi connectivity index (χ0v) is 14.8. The summed E-state index contributed by atoms with van der Waals surface area (Å²) in [5, 5.41) is 0. The fourth-order valence-corrected chi connectivity index (χ4v) is 4.49. The Kier molecular flexibility index (Phi) is 4.60. The maximum atomic E-state index is 14.1. The molecular weight excluding hydrogens is 427 g/mol. The van der Waals surface area contributed by atoms with Crippen LogP contribution in [-0.2, 0) is 10.0 Å². The molecule has 21 heavy (non-hydrogen) atoms. The minimum Gasteiger partial charge on any atom is -0.399 e. The van der Waals surface area contributed by atoms with Gasteiger partial charge in [-0.25, -0.2) is 12.8 Å². The second-order valence-electron chi connectivity index (χ2n) is 4.35. The van der Waals surface area contributed by atoms with E-state index in [1.807, 2.05) is 0 Å². The van der Waals surface area contributed by atoms with Crippen molar-refractivity contribution in [1.29, 1.82) is 0 Å². The lowest BCUT2D eigenvalue weighted by Crippen LogP contribution is -2.16. The molecule has 0 heterocycles. The van der Waals surface area contributed by atoms with Crippen molar-refractivity contribution in [3.8, 4) is 0 Å². The van der Waals surface area contributed by atoms with Crippen LogP contribution >= 0.6 is 31.9 Å². The Morgan fingerprint density at radius 3 is 2.33 bits per heavy atom. The van der Waals surface area contributed by atoms with Crippen LogP contribution < -0.4 is 10.5 Å². The molecule has 0 aliphatic heterocycles. The zero-order valence-electron chi connectivity index (χ0n) is 10.8. The van der Waals surface area contributed by atoms with E-state index < -0.39 is 20.7 Å². The summed E-state index contributed by atoms with van der Waals surface area (Å²) in [4.78, 5) is -0.484. The molecule has 0 saturated heterocycles. The molecular formula is C13H11Br2FN2O2S. The zero-order chi connectivity index (χ0) is 15.8. The first-order valence-electron chi connectivity index (χ1n) is 5.75. The number of aryl methyl sites for hydroxylation is 1. The normalized spacial score (nSPS) is 11.4. The Hall–Kier alpha value is -1.12. The van der Waals surface area contributed by atoms with Gasteiger partial charge in [0.05, 0.1) is 5.69 Å². The van der Waals surface area contributed by atoms with Gasteiger partial charge in [-0.3, -0.25) is 4.72 Å². The molecule has 0 radical (unpaired) electrons. The Morgan fingerprint density at radius 2 is 1.76 bits per heavy atom. The van der Waals surface area contributed by atoms with Crippen molar-refractivity contribution in [2.75, 3.05) is 10.5 Å². The number of halogens is 3. The van der Waals surface area contributed by atoms with Gasteiger partial charge in [0.25, 0.3) is 10.0 Å². The largest absolute Gasteiger partial charge is 0.399 e. The molecule has 0 unspecified atom stereocenters. The van der Waals surface area contributed by atoms with Gasteiger partial charge < -0.3 is 5.73 Å². The summed E-state index contributed by atoms with van der Waals surface area (Å²) in [5.41, 5.74) is 6.24. The van der Waals surface area contributed by atoms with Crippen LogP contribution in [0.25, 0.3) is 0 Å². The SMILES string of the molecule is Cc1cc(N)cc(S(=O)(=O)Nc2c(Br)cccc2Br)c1F. The molecule has 0 aromatic heterocycles. The second kappa shape index (κ2) is 5.94. The van der Waals surface area contributed by atoms with Gasteiger partial charge in [0.1, 0.15) is 10.7 Å². The van der Waals surface area contributed by atoms with Gasteiger partial charge in [-0.05, 0) is 68.6 Å². The summed E-state index contributed by atoms with van der Waals surface area (Å²) in [7, 11) is -4.10. The minimum atomic E-state index is -4.10. The predicted molar refractivity (Wildman–Crippen MR) is 88.2 cm³/mol. The molecule has 0 amide bonds. The summed E-state index contributed by atoms with van der Waals surface area (Å²) in [5.74, 6) is -0.820. The van der Waals surface area contributed by atoms with Crippen molar-refractivity contribution in [3.05, 3.63) is 50.7 Å². The van der Waals surface area contributed by atoms with Gasteiger partial charge in [-0.2, -0.15) is 0 Å². The quantitative estimate of drug-likeness (QED) is 0.711. The Morgan fingerprint density at radius 1 is 1.19 bits per heavy atom. The molecule has 2 aromatic carbocycles. The first-order chi connectivity index (χ1) is 9.72. The van der Waals surface area contributed by atoms with Crippen molar-refractivity contribution in [2.24, 2.45) is 0 Å². The number of anilines is 2. The van der Waals surface area contributed by atoms with E-state index in [1.165, 1.54) is 13.0 Å². The van der Waals surface area contributed by atoms with Crippen molar-refractivity contribution in [3.63, 3.8) is 0 Å². The van der Waals surface area contributed by atoms with E-state index in [0.29, 0.717) is 8.95 Å². The van der Waals surface area contributed by atoms with Gasteiger partial charge in [-0.15, -0.1) is 0 Å². The van der Waals surface area contributed by atoms with E-state index in [-0.39, 0.29) is 16.9 Å². The highest BCUT2D eigenvalue weighted by Crippen LogP contribution is 2.33. The molecule has 4 nitrogen and oxygen atoms in total. The van der Waals surface area contributed by atoms with Gasteiger partial charge in [-0.1, -0.05) is 6.07 Å². The van der Waals surface area contributed by atoms with Crippen LogP contribution in [-0.4, -0.2) is 8.42 Å². The highest BCUT2D eigenvalue weighted by atomic mass is 79.9. The smallest absolute Gasteiger partial charge is 0.264 e. The molecule has 0 aliphatic rings. The monoisotopic (exact) mass is 436 g/mol.